The largest absolute Gasteiger partial charge is 0.329 e. The highest BCUT2D eigenvalue weighted by molar-refractivity contribution is 6.07. The lowest BCUT2D eigenvalue weighted by Gasteiger charge is -2.35. The molecule has 2 rings (SSSR count). The van der Waals surface area contributed by atoms with Crippen LogP contribution < -0.4 is 0 Å². The van der Waals surface area contributed by atoms with Gasteiger partial charge in [-0.1, -0.05) is 27.7 Å². The normalized spacial score (nSPS) is 25.3. The highest BCUT2D eigenvalue weighted by Crippen LogP contribution is 2.47. The summed E-state index contributed by atoms with van der Waals surface area (Å²) in [6.45, 7) is 14.6. The van der Waals surface area contributed by atoms with Crippen molar-refractivity contribution in [3.8, 4) is 0 Å². The Balaban J connectivity index is 2.24. The van der Waals surface area contributed by atoms with Crippen LogP contribution in [0.15, 0.2) is 0 Å². The van der Waals surface area contributed by atoms with Gasteiger partial charge in [0.2, 0.25) is 0 Å². The maximum absolute atomic E-state index is 13.1. The van der Waals surface area contributed by atoms with Crippen LogP contribution in [-0.2, 0) is 4.79 Å². The molecule has 0 aromatic heterocycles. The Morgan fingerprint density at radius 2 is 1.43 bits per heavy atom. The molecule has 1 saturated heterocycles. The van der Waals surface area contributed by atoms with Crippen LogP contribution in [0.25, 0.3) is 0 Å². The van der Waals surface area contributed by atoms with Crippen LogP contribution in [0.1, 0.15) is 47.5 Å². The van der Waals surface area contributed by atoms with Gasteiger partial charge < -0.3 is 0 Å². The van der Waals surface area contributed by atoms with Crippen LogP contribution in [0.2, 0.25) is 0 Å². The second-order valence-electron chi connectivity index (χ2n) is 6.75. The molecule has 23 heavy (non-hydrogen) atoms. The van der Waals surface area contributed by atoms with Crippen molar-refractivity contribution in [2.24, 2.45) is 5.92 Å². The van der Waals surface area contributed by atoms with Gasteiger partial charge >= 0.3 is 6.03 Å². The minimum atomic E-state index is -0.660. The molecule has 0 spiro atoms. The molecule has 1 aliphatic carbocycles. The molecule has 1 heterocycles. The highest BCUT2D eigenvalue weighted by atomic mass is 16.2. The Morgan fingerprint density at radius 1 is 0.957 bits per heavy atom. The summed E-state index contributed by atoms with van der Waals surface area (Å²) >= 11 is 0. The van der Waals surface area contributed by atoms with Gasteiger partial charge in [0, 0.05) is 0 Å². The zero-order valence-corrected chi connectivity index (χ0v) is 15.3. The number of carbonyl (C=O) groups is 2. The summed E-state index contributed by atoms with van der Waals surface area (Å²) < 4.78 is 0. The first-order chi connectivity index (χ1) is 10.9. The lowest BCUT2D eigenvalue weighted by Crippen LogP contribution is -2.53. The second-order valence-corrected chi connectivity index (χ2v) is 6.75. The van der Waals surface area contributed by atoms with E-state index in [1.54, 1.807) is 0 Å². The summed E-state index contributed by atoms with van der Waals surface area (Å²) in [5.41, 5.74) is -0.660. The van der Waals surface area contributed by atoms with E-state index in [0.717, 1.165) is 39.0 Å². The summed E-state index contributed by atoms with van der Waals surface area (Å²) in [5, 5.41) is 0. The van der Waals surface area contributed by atoms with Gasteiger partial charge in [-0.05, 0) is 51.9 Å². The molecule has 2 aliphatic rings. The van der Waals surface area contributed by atoms with Gasteiger partial charge in [0.1, 0.15) is 5.54 Å². The Kier molecular flexibility index (Phi) is 5.68. The van der Waals surface area contributed by atoms with Crippen molar-refractivity contribution in [2.75, 3.05) is 39.5 Å². The number of hydrogen-bond acceptors (Lipinski definition) is 4. The fraction of sp³-hybridized carbons (Fsp3) is 0.882. The Labute approximate surface area is 140 Å². The third-order valence-corrected chi connectivity index (χ3v) is 5.54. The SMILES string of the molecule is CCN(CC)CN1C(=O)N(CN(CC)CC)C(C)(C2CC2)C1=O. The zero-order chi connectivity index (χ0) is 17.2. The molecule has 0 bridgehead atoms. The smallest absolute Gasteiger partial charge is 0.297 e. The standard InChI is InChI=1S/C17H32N4O2/c1-6-18(7-2)12-20-15(22)17(5,14-10-11-14)21(16(20)23)13-19(8-3)9-4/h14H,6-13H2,1-5H3. The molecule has 1 unspecified atom stereocenters. The number of hydrogen-bond donors (Lipinski definition) is 0. The van der Waals surface area contributed by atoms with Crippen molar-refractivity contribution in [3.63, 3.8) is 0 Å². The van der Waals surface area contributed by atoms with E-state index in [9.17, 15) is 9.59 Å². The third-order valence-electron chi connectivity index (χ3n) is 5.54. The Morgan fingerprint density at radius 3 is 1.87 bits per heavy atom. The van der Waals surface area contributed by atoms with E-state index >= 15 is 0 Å². The van der Waals surface area contributed by atoms with E-state index in [4.69, 9.17) is 0 Å². The fourth-order valence-corrected chi connectivity index (χ4v) is 3.44. The van der Waals surface area contributed by atoms with E-state index < -0.39 is 5.54 Å². The number of urea groups is 1. The monoisotopic (exact) mass is 324 g/mol. The first-order valence-electron chi connectivity index (χ1n) is 9.02. The van der Waals surface area contributed by atoms with Crippen molar-refractivity contribution in [1.29, 1.82) is 0 Å². The molecular weight excluding hydrogens is 292 g/mol. The molecule has 6 heteroatoms. The first kappa shape index (κ1) is 18.2. The van der Waals surface area contributed by atoms with E-state index in [1.807, 2.05) is 11.8 Å². The number of carbonyl (C=O) groups excluding carboxylic acids is 2. The predicted octanol–water partition coefficient (Wildman–Crippen LogP) is 2.02. The Bertz CT molecular complexity index is 444. The molecule has 0 aromatic carbocycles. The second kappa shape index (κ2) is 7.18. The maximum atomic E-state index is 13.1. The van der Waals surface area contributed by atoms with Crippen LogP contribution in [0, 0.1) is 5.92 Å². The average molecular weight is 324 g/mol. The molecular formula is C17H32N4O2. The number of rotatable bonds is 9. The fourth-order valence-electron chi connectivity index (χ4n) is 3.44. The Hall–Kier alpha value is -1.14. The van der Waals surface area contributed by atoms with Gasteiger partial charge in [0.25, 0.3) is 5.91 Å². The number of amides is 3. The number of imide groups is 1. The van der Waals surface area contributed by atoms with Gasteiger partial charge in [-0.15, -0.1) is 0 Å². The summed E-state index contributed by atoms with van der Waals surface area (Å²) in [6.07, 6.45) is 2.09. The lowest BCUT2D eigenvalue weighted by molar-refractivity contribution is -0.135. The molecule has 132 valence electrons. The quantitative estimate of drug-likeness (QED) is 0.609. The molecule has 3 amide bonds. The molecule has 2 fully saturated rings. The van der Waals surface area contributed by atoms with Gasteiger partial charge in [0.05, 0.1) is 13.3 Å². The van der Waals surface area contributed by atoms with E-state index in [2.05, 4.69) is 37.5 Å². The summed E-state index contributed by atoms with van der Waals surface area (Å²) in [5.74, 6) is 0.306. The third kappa shape index (κ3) is 3.24. The summed E-state index contributed by atoms with van der Waals surface area (Å²) in [6, 6.07) is -0.122. The molecule has 0 radical (unpaired) electrons. The lowest BCUT2D eigenvalue weighted by atomic mass is 9.94. The molecule has 0 N–H and O–H groups in total. The first-order valence-corrected chi connectivity index (χ1v) is 9.02. The van der Waals surface area contributed by atoms with Gasteiger partial charge in [0.15, 0.2) is 0 Å². The highest BCUT2D eigenvalue weighted by Gasteiger charge is 2.61. The average Bonchev–Trinajstić information content (AvgIpc) is 3.38. The summed E-state index contributed by atoms with van der Waals surface area (Å²) in [4.78, 5) is 33.7. The van der Waals surface area contributed by atoms with E-state index in [-0.39, 0.29) is 11.9 Å². The molecule has 1 aliphatic heterocycles. The number of nitrogens with zero attached hydrogens (tertiary/aromatic N) is 4. The van der Waals surface area contributed by atoms with Crippen LogP contribution in [0.4, 0.5) is 4.79 Å². The van der Waals surface area contributed by atoms with Gasteiger partial charge in [-0.2, -0.15) is 0 Å². The molecule has 1 saturated carbocycles. The van der Waals surface area contributed by atoms with Crippen LogP contribution in [-0.4, -0.2) is 76.6 Å². The van der Waals surface area contributed by atoms with Gasteiger partial charge in [-0.3, -0.25) is 19.5 Å². The van der Waals surface area contributed by atoms with Gasteiger partial charge in [-0.25, -0.2) is 9.69 Å². The van der Waals surface area contributed by atoms with Crippen molar-refractivity contribution in [1.82, 2.24) is 19.6 Å². The van der Waals surface area contributed by atoms with Crippen molar-refractivity contribution >= 4 is 11.9 Å². The topological polar surface area (TPSA) is 47.1 Å². The van der Waals surface area contributed by atoms with Crippen LogP contribution in [0.3, 0.4) is 0 Å². The van der Waals surface area contributed by atoms with E-state index in [0.29, 0.717) is 19.3 Å². The zero-order valence-electron chi connectivity index (χ0n) is 15.3. The molecule has 0 aromatic rings. The van der Waals surface area contributed by atoms with Crippen LogP contribution in [0.5, 0.6) is 0 Å². The summed E-state index contributed by atoms with van der Waals surface area (Å²) in [7, 11) is 0. The minimum Gasteiger partial charge on any atom is -0.297 e. The minimum absolute atomic E-state index is 0.0101. The van der Waals surface area contributed by atoms with E-state index in [1.165, 1.54) is 4.90 Å². The predicted molar refractivity (Wildman–Crippen MR) is 90.8 cm³/mol. The van der Waals surface area contributed by atoms with Crippen molar-refractivity contribution in [2.45, 2.75) is 53.0 Å². The van der Waals surface area contributed by atoms with Crippen LogP contribution >= 0.6 is 0 Å². The molecule has 1 atom stereocenters. The maximum Gasteiger partial charge on any atom is 0.329 e. The van der Waals surface area contributed by atoms with Crippen molar-refractivity contribution in [3.05, 3.63) is 0 Å². The molecule has 6 nitrogen and oxygen atoms in total. The van der Waals surface area contributed by atoms with Crippen molar-refractivity contribution < 1.29 is 9.59 Å².